The van der Waals surface area contributed by atoms with E-state index in [2.05, 4.69) is 5.32 Å². The molecule has 1 atom stereocenters. The van der Waals surface area contributed by atoms with Gasteiger partial charge in [-0.05, 0) is 24.6 Å². The Balaban J connectivity index is 2.30. The molecular weight excluding hydrogens is 317 g/mol. The summed E-state index contributed by atoms with van der Waals surface area (Å²) in [6, 6.07) is 3.10. The number of thiophene rings is 1. The van der Waals surface area contributed by atoms with E-state index in [0.29, 0.717) is 22.9 Å². The Labute approximate surface area is 129 Å². The summed E-state index contributed by atoms with van der Waals surface area (Å²) in [5.41, 5.74) is 0. The third kappa shape index (κ3) is 3.33. The Hall–Kier alpha value is -1.66. The van der Waals surface area contributed by atoms with Gasteiger partial charge in [-0.2, -0.15) is 0 Å². The summed E-state index contributed by atoms with van der Waals surface area (Å²) >= 11 is 7.17. The van der Waals surface area contributed by atoms with Crippen molar-refractivity contribution in [2.45, 2.75) is 25.8 Å². The van der Waals surface area contributed by atoms with Crippen LogP contribution in [0, 0.1) is 5.82 Å². The lowest BCUT2D eigenvalue weighted by molar-refractivity contribution is -0.139. The quantitative estimate of drug-likeness (QED) is 0.879. The van der Waals surface area contributed by atoms with Crippen LogP contribution in [-0.2, 0) is 4.79 Å². The molecule has 0 saturated carbocycles. The predicted octanol–water partition coefficient (Wildman–Crippen LogP) is 3.68. The van der Waals surface area contributed by atoms with Crippen molar-refractivity contribution in [1.82, 2.24) is 5.32 Å². The molecule has 7 heteroatoms. The van der Waals surface area contributed by atoms with Crippen LogP contribution in [0.15, 0.2) is 18.2 Å². The minimum absolute atomic E-state index is 0.194. The van der Waals surface area contributed by atoms with Crippen LogP contribution >= 0.6 is 22.9 Å². The maximum atomic E-state index is 13.2. The highest BCUT2D eigenvalue weighted by Gasteiger charge is 2.23. The summed E-state index contributed by atoms with van der Waals surface area (Å²) < 4.78 is 13.7. The van der Waals surface area contributed by atoms with Gasteiger partial charge in [0.2, 0.25) is 0 Å². The summed E-state index contributed by atoms with van der Waals surface area (Å²) in [6.07, 6.45) is 0.959. The second-order valence-electron chi connectivity index (χ2n) is 4.54. The molecule has 0 bridgehead atoms. The van der Waals surface area contributed by atoms with Crippen LogP contribution in [0.4, 0.5) is 4.39 Å². The SMILES string of the molecule is CCCC(NC(=O)c1sc2cc(F)ccc2c1Cl)C(=O)O. The molecule has 0 spiro atoms. The molecule has 2 aromatic rings. The molecule has 21 heavy (non-hydrogen) atoms. The fraction of sp³-hybridized carbons (Fsp3) is 0.286. The second-order valence-corrected chi connectivity index (χ2v) is 5.97. The maximum absolute atomic E-state index is 13.2. The molecule has 1 unspecified atom stereocenters. The van der Waals surface area contributed by atoms with Crippen LogP contribution in [0.25, 0.3) is 10.1 Å². The zero-order valence-corrected chi connectivity index (χ0v) is 12.7. The normalized spacial score (nSPS) is 12.3. The van der Waals surface area contributed by atoms with Gasteiger partial charge in [-0.3, -0.25) is 4.79 Å². The monoisotopic (exact) mass is 329 g/mol. The van der Waals surface area contributed by atoms with E-state index >= 15 is 0 Å². The first-order valence-corrected chi connectivity index (χ1v) is 7.54. The number of carbonyl (C=O) groups excluding carboxylic acids is 1. The van der Waals surface area contributed by atoms with Crippen LogP contribution in [0.1, 0.15) is 29.4 Å². The van der Waals surface area contributed by atoms with Crippen LogP contribution in [0.2, 0.25) is 5.02 Å². The molecule has 0 aliphatic rings. The molecule has 1 aromatic carbocycles. The minimum atomic E-state index is -1.09. The summed E-state index contributed by atoms with van der Waals surface area (Å²) in [5, 5.41) is 12.3. The number of carboxylic acid groups (broad SMARTS) is 1. The summed E-state index contributed by atoms with van der Waals surface area (Å²) in [7, 11) is 0. The topological polar surface area (TPSA) is 66.4 Å². The molecule has 2 N–H and O–H groups in total. The number of amides is 1. The van der Waals surface area contributed by atoms with Gasteiger partial charge in [0.1, 0.15) is 16.7 Å². The largest absolute Gasteiger partial charge is 0.480 e. The van der Waals surface area contributed by atoms with Gasteiger partial charge in [-0.15, -0.1) is 11.3 Å². The lowest BCUT2D eigenvalue weighted by atomic mass is 10.1. The molecule has 0 saturated heterocycles. The number of nitrogens with one attached hydrogen (secondary N) is 1. The van der Waals surface area contributed by atoms with Crippen molar-refractivity contribution in [1.29, 1.82) is 0 Å². The van der Waals surface area contributed by atoms with Gasteiger partial charge in [-0.1, -0.05) is 24.9 Å². The van der Waals surface area contributed by atoms with E-state index in [1.54, 1.807) is 0 Å². The first kappa shape index (κ1) is 15.7. The van der Waals surface area contributed by atoms with E-state index in [0.717, 1.165) is 11.3 Å². The standard InChI is InChI=1S/C14H13ClFNO3S/c1-2-3-9(14(19)20)17-13(18)12-11(15)8-5-4-7(16)6-10(8)21-12/h4-6,9H,2-3H2,1H3,(H,17,18)(H,19,20). The van der Waals surface area contributed by atoms with Gasteiger partial charge in [0.15, 0.2) is 0 Å². The average Bonchev–Trinajstić information content (AvgIpc) is 2.74. The first-order valence-electron chi connectivity index (χ1n) is 6.35. The van der Waals surface area contributed by atoms with Crippen molar-refractivity contribution >= 4 is 44.9 Å². The second kappa shape index (κ2) is 6.41. The molecule has 1 heterocycles. The lowest BCUT2D eigenvalue weighted by Crippen LogP contribution is -2.40. The first-order chi connectivity index (χ1) is 9.93. The third-order valence-corrected chi connectivity index (χ3v) is 4.63. The van der Waals surface area contributed by atoms with Gasteiger partial charge >= 0.3 is 5.97 Å². The number of carbonyl (C=O) groups is 2. The molecule has 1 amide bonds. The molecule has 0 aliphatic carbocycles. The fourth-order valence-corrected chi connectivity index (χ4v) is 3.40. The van der Waals surface area contributed by atoms with E-state index in [1.165, 1.54) is 18.2 Å². The van der Waals surface area contributed by atoms with Crippen molar-refractivity contribution in [3.8, 4) is 0 Å². The third-order valence-electron chi connectivity index (χ3n) is 2.98. The number of rotatable bonds is 5. The molecule has 0 radical (unpaired) electrons. The van der Waals surface area contributed by atoms with Crippen molar-refractivity contribution in [3.05, 3.63) is 33.9 Å². The Morgan fingerprint density at radius 3 is 2.81 bits per heavy atom. The Morgan fingerprint density at radius 1 is 1.48 bits per heavy atom. The number of hydrogen-bond donors (Lipinski definition) is 2. The van der Waals surface area contributed by atoms with Crippen molar-refractivity contribution in [2.75, 3.05) is 0 Å². The molecule has 1 aromatic heterocycles. The number of carboxylic acids is 1. The lowest BCUT2D eigenvalue weighted by Gasteiger charge is -2.12. The number of aliphatic carboxylic acids is 1. The van der Waals surface area contributed by atoms with Crippen LogP contribution in [0.5, 0.6) is 0 Å². The Morgan fingerprint density at radius 2 is 2.19 bits per heavy atom. The van der Waals surface area contributed by atoms with E-state index in [-0.39, 0.29) is 9.90 Å². The summed E-state index contributed by atoms with van der Waals surface area (Å²) in [4.78, 5) is 23.4. The van der Waals surface area contributed by atoms with Gasteiger partial charge in [0.25, 0.3) is 5.91 Å². The van der Waals surface area contributed by atoms with Crippen molar-refractivity contribution in [3.63, 3.8) is 0 Å². The van der Waals surface area contributed by atoms with Gasteiger partial charge in [0.05, 0.1) is 5.02 Å². The highest BCUT2D eigenvalue weighted by molar-refractivity contribution is 7.21. The van der Waals surface area contributed by atoms with Gasteiger partial charge in [-0.25, -0.2) is 9.18 Å². The van der Waals surface area contributed by atoms with Gasteiger partial charge < -0.3 is 10.4 Å². The smallest absolute Gasteiger partial charge is 0.326 e. The number of fused-ring (bicyclic) bond motifs is 1. The average molecular weight is 330 g/mol. The number of halogens is 2. The fourth-order valence-electron chi connectivity index (χ4n) is 1.95. The molecule has 0 fully saturated rings. The predicted molar refractivity (Wildman–Crippen MR) is 80.6 cm³/mol. The molecule has 0 aliphatic heterocycles. The van der Waals surface area contributed by atoms with Crippen LogP contribution < -0.4 is 5.32 Å². The zero-order chi connectivity index (χ0) is 15.6. The number of hydrogen-bond acceptors (Lipinski definition) is 3. The van der Waals surface area contributed by atoms with Crippen molar-refractivity contribution < 1.29 is 19.1 Å². The Kier molecular flexibility index (Phi) is 4.80. The molecule has 2 rings (SSSR count). The summed E-state index contributed by atoms with van der Waals surface area (Å²) in [6.45, 7) is 1.83. The summed E-state index contributed by atoms with van der Waals surface area (Å²) in [5.74, 6) is -2.06. The maximum Gasteiger partial charge on any atom is 0.326 e. The van der Waals surface area contributed by atoms with E-state index < -0.39 is 23.7 Å². The molecular formula is C14H13ClFNO3S. The molecule has 4 nitrogen and oxygen atoms in total. The van der Waals surface area contributed by atoms with Crippen LogP contribution in [0.3, 0.4) is 0 Å². The Bertz CT molecular complexity index is 701. The molecule has 112 valence electrons. The van der Waals surface area contributed by atoms with Gasteiger partial charge in [0, 0.05) is 10.1 Å². The van der Waals surface area contributed by atoms with E-state index in [4.69, 9.17) is 16.7 Å². The minimum Gasteiger partial charge on any atom is -0.480 e. The van der Waals surface area contributed by atoms with Crippen molar-refractivity contribution in [2.24, 2.45) is 0 Å². The van der Waals surface area contributed by atoms with Crippen LogP contribution in [-0.4, -0.2) is 23.0 Å². The highest BCUT2D eigenvalue weighted by Crippen LogP contribution is 2.35. The zero-order valence-electron chi connectivity index (χ0n) is 11.2. The van der Waals surface area contributed by atoms with E-state index in [1.807, 2.05) is 6.92 Å². The highest BCUT2D eigenvalue weighted by atomic mass is 35.5. The van der Waals surface area contributed by atoms with E-state index in [9.17, 15) is 14.0 Å². The number of benzene rings is 1.